The van der Waals surface area contributed by atoms with Crippen LogP contribution in [0.1, 0.15) is 27.4 Å². The first-order valence-corrected chi connectivity index (χ1v) is 8.03. The lowest BCUT2D eigenvalue weighted by atomic mass is 10.1. The Bertz CT molecular complexity index is 1030. The zero-order valence-electron chi connectivity index (χ0n) is 14.4. The van der Waals surface area contributed by atoms with Crippen molar-refractivity contribution in [1.82, 2.24) is 14.5 Å². The lowest BCUT2D eigenvalue weighted by molar-refractivity contribution is -0.136. The Morgan fingerprint density at radius 3 is 2.56 bits per heavy atom. The van der Waals surface area contributed by atoms with Crippen LogP contribution in [0.3, 0.4) is 0 Å². The first-order chi connectivity index (χ1) is 12.9. The van der Waals surface area contributed by atoms with Crippen molar-refractivity contribution in [1.29, 1.82) is 0 Å². The second-order valence-electron chi connectivity index (χ2n) is 5.79. The Labute approximate surface area is 153 Å². The van der Waals surface area contributed by atoms with E-state index in [1.807, 2.05) is 0 Å². The van der Waals surface area contributed by atoms with Crippen LogP contribution < -0.4 is 4.90 Å². The maximum absolute atomic E-state index is 13.0. The van der Waals surface area contributed by atoms with Crippen LogP contribution in [0.4, 0.5) is 5.82 Å². The Kier molecular flexibility index (Phi) is 4.84. The van der Waals surface area contributed by atoms with Crippen LogP contribution in [-0.4, -0.2) is 49.1 Å². The van der Waals surface area contributed by atoms with E-state index >= 15 is 0 Å². The second-order valence-corrected chi connectivity index (χ2v) is 5.79. The van der Waals surface area contributed by atoms with Crippen LogP contribution in [0.2, 0.25) is 0 Å². The molecule has 9 heteroatoms. The average molecular weight is 368 g/mol. The summed E-state index contributed by atoms with van der Waals surface area (Å²) in [6.45, 7) is -0.0498. The molecule has 0 spiro atoms. The van der Waals surface area contributed by atoms with E-state index in [4.69, 9.17) is 5.11 Å². The fourth-order valence-corrected chi connectivity index (χ4v) is 2.72. The summed E-state index contributed by atoms with van der Waals surface area (Å²) in [5.74, 6) is -2.45. The normalized spacial score (nSPS) is 10.7. The molecular formula is C18H16N4O5. The van der Waals surface area contributed by atoms with Gasteiger partial charge in [0.05, 0.1) is 17.5 Å². The number of fused-ring (bicyclic) bond motifs is 1. The number of aromatic carboxylic acids is 1. The van der Waals surface area contributed by atoms with Crippen LogP contribution >= 0.6 is 0 Å². The van der Waals surface area contributed by atoms with Crippen molar-refractivity contribution in [2.24, 2.45) is 7.05 Å². The van der Waals surface area contributed by atoms with Crippen molar-refractivity contribution < 1.29 is 24.6 Å². The smallest absolute Gasteiger partial charge is 0.372 e. The number of pyridine rings is 1. The predicted octanol–water partition coefficient (Wildman–Crippen LogP) is 1.79. The summed E-state index contributed by atoms with van der Waals surface area (Å²) in [6.07, 6.45) is 1.27. The number of benzene rings is 1. The van der Waals surface area contributed by atoms with Crippen molar-refractivity contribution in [3.63, 3.8) is 0 Å². The van der Waals surface area contributed by atoms with Crippen LogP contribution in [0.25, 0.3) is 11.0 Å². The summed E-state index contributed by atoms with van der Waals surface area (Å²) in [5.41, 5.74) is 1.19. The van der Waals surface area contributed by atoms with E-state index < -0.39 is 17.8 Å². The molecule has 0 saturated heterocycles. The second kappa shape index (κ2) is 7.24. The molecule has 0 aliphatic heterocycles. The highest BCUT2D eigenvalue weighted by Crippen LogP contribution is 2.20. The molecule has 0 fully saturated rings. The molecule has 3 aromatic rings. The number of amides is 1. The molecule has 0 aliphatic rings. The van der Waals surface area contributed by atoms with Crippen molar-refractivity contribution in [3.8, 4) is 0 Å². The van der Waals surface area contributed by atoms with Gasteiger partial charge in [0.25, 0.3) is 5.91 Å². The fourth-order valence-electron chi connectivity index (χ4n) is 2.72. The van der Waals surface area contributed by atoms with Gasteiger partial charge in [-0.2, -0.15) is 0 Å². The van der Waals surface area contributed by atoms with Crippen molar-refractivity contribution >= 4 is 34.7 Å². The largest absolute Gasteiger partial charge is 0.481 e. The van der Waals surface area contributed by atoms with Crippen LogP contribution in [0.5, 0.6) is 0 Å². The number of hydrogen-bond donors (Lipinski definition) is 2. The number of hydrogen-bond acceptors (Lipinski definition) is 5. The molecule has 2 heterocycles. The Morgan fingerprint density at radius 2 is 1.93 bits per heavy atom. The number of nitrogens with zero attached hydrogens (tertiary/aromatic N) is 4. The predicted molar refractivity (Wildman–Crippen MR) is 95.8 cm³/mol. The van der Waals surface area contributed by atoms with E-state index in [0.717, 1.165) is 0 Å². The topological polar surface area (TPSA) is 126 Å². The third-order valence-corrected chi connectivity index (χ3v) is 4.04. The first kappa shape index (κ1) is 18.1. The summed E-state index contributed by atoms with van der Waals surface area (Å²) in [5, 5.41) is 18.1. The van der Waals surface area contributed by atoms with Gasteiger partial charge in [0.1, 0.15) is 5.82 Å². The average Bonchev–Trinajstić information content (AvgIpc) is 2.99. The highest BCUT2D eigenvalue weighted by atomic mass is 16.4. The lowest BCUT2D eigenvalue weighted by Crippen LogP contribution is -2.33. The molecule has 0 radical (unpaired) electrons. The minimum Gasteiger partial charge on any atom is -0.481 e. The van der Waals surface area contributed by atoms with Gasteiger partial charge in [0.15, 0.2) is 0 Å². The molecule has 9 nitrogen and oxygen atoms in total. The molecule has 0 saturated carbocycles. The maximum atomic E-state index is 13.0. The lowest BCUT2D eigenvalue weighted by Gasteiger charge is -2.21. The van der Waals surface area contributed by atoms with Crippen LogP contribution in [0.15, 0.2) is 42.6 Å². The molecular weight excluding hydrogens is 352 g/mol. The van der Waals surface area contributed by atoms with Gasteiger partial charge in [-0.1, -0.05) is 6.07 Å². The molecule has 2 aromatic heterocycles. The minimum absolute atomic E-state index is 0.0498. The van der Waals surface area contributed by atoms with E-state index in [-0.39, 0.29) is 24.4 Å². The van der Waals surface area contributed by atoms with E-state index in [2.05, 4.69) is 9.97 Å². The zero-order valence-corrected chi connectivity index (χ0v) is 14.4. The number of carbonyl (C=O) groups excluding carboxylic acids is 1. The SMILES string of the molecule is Cn1c(C(=O)O)nc2cc(C(=O)N(CCC(=O)O)c3ccccn3)ccc21. The van der Waals surface area contributed by atoms with Gasteiger partial charge in [-0.15, -0.1) is 0 Å². The van der Waals surface area contributed by atoms with Gasteiger partial charge in [0.2, 0.25) is 5.82 Å². The molecule has 1 aromatic carbocycles. The Morgan fingerprint density at radius 1 is 1.15 bits per heavy atom. The monoisotopic (exact) mass is 368 g/mol. The number of carboxylic acids is 2. The standard InChI is InChI=1S/C18H16N4O5/c1-21-13-6-5-11(10-12(13)20-16(21)18(26)27)17(25)22(9-7-15(23)24)14-4-2-3-8-19-14/h2-6,8,10H,7,9H2,1H3,(H,23,24)(H,26,27). The van der Waals surface area contributed by atoms with Gasteiger partial charge in [0, 0.05) is 25.4 Å². The number of carbonyl (C=O) groups is 3. The molecule has 2 N–H and O–H groups in total. The molecule has 0 bridgehead atoms. The number of imidazole rings is 1. The Hall–Kier alpha value is -3.75. The van der Waals surface area contributed by atoms with E-state index in [1.54, 1.807) is 37.4 Å². The zero-order chi connectivity index (χ0) is 19.6. The number of anilines is 1. The molecule has 138 valence electrons. The highest BCUT2D eigenvalue weighted by molar-refractivity contribution is 6.07. The molecule has 1 amide bonds. The van der Waals surface area contributed by atoms with Gasteiger partial charge >= 0.3 is 11.9 Å². The van der Waals surface area contributed by atoms with Crippen molar-refractivity contribution in [2.45, 2.75) is 6.42 Å². The van der Waals surface area contributed by atoms with E-state index in [1.165, 1.54) is 21.7 Å². The summed E-state index contributed by atoms with van der Waals surface area (Å²) >= 11 is 0. The summed E-state index contributed by atoms with van der Waals surface area (Å²) in [4.78, 5) is 44.6. The molecule has 0 aliphatic carbocycles. The number of aryl methyl sites for hydroxylation is 1. The third-order valence-electron chi connectivity index (χ3n) is 4.04. The number of rotatable bonds is 6. The van der Waals surface area contributed by atoms with Gasteiger partial charge < -0.3 is 14.8 Å². The number of aromatic nitrogens is 3. The molecule has 27 heavy (non-hydrogen) atoms. The first-order valence-electron chi connectivity index (χ1n) is 8.03. The summed E-state index contributed by atoms with van der Waals surface area (Å²) < 4.78 is 1.42. The fraction of sp³-hybridized carbons (Fsp3) is 0.167. The molecule has 0 unspecified atom stereocenters. The number of aliphatic carboxylic acids is 1. The van der Waals surface area contributed by atoms with Gasteiger partial charge in [-0.05, 0) is 30.3 Å². The molecule has 3 rings (SSSR count). The minimum atomic E-state index is -1.17. The highest BCUT2D eigenvalue weighted by Gasteiger charge is 2.21. The van der Waals surface area contributed by atoms with E-state index in [9.17, 15) is 19.5 Å². The summed E-state index contributed by atoms with van der Waals surface area (Å²) in [7, 11) is 1.58. The maximum Gasteiger partial charge on any atom is 0.372 e. The number of carboxylic acid groups (broad SMARTS) is 2. The quantitative estimate of drug-likeness (QED) is 0.679. The Balaban J connectivity index is 2.00. The van der Waals surface area contributed by atoms with Crippen molar-refractivity contribution in [3.05, 3.63) is 54.0 Å². The van der Waals surface area contributed by atoms with Crippen LogP contribution in [-0.2, 0) is 11.8 Å². The van der Waals surface area contributed by atoms with E-state index in [0.29, 0.717) is 16.9 Å². The van der Waals surface area contributed by atoms with Gasteiger partial charge in [-0.3, -0.25) is 14.5 Å². The molecule has 0 atom stereocenters. The summed E-state index contributed by atoms with van der Waals surface area (Å²) in [6, 6.07) is 9.65. The van der Waals surface area contributed by atoms with Gasteiger partial charge in [-0.25, -0.2) is 14.8 Å². The third kappa shape index (κ3) is 3.61. The van der Waals surface area contributed by atoms with Crippen LogP contribution in [0, 0.1) is 0 Å². The van der Waals surface area contributed by atoms with Crippen molar-refractivity contribution in [2.75, 3.05) is 11.4 Å².